The molecule has 1 aliphatic rings. The van der Waals surface area contributed by atoms with Gasteiger partial charge in [-0.1, -0.05) is 6.92 Å². The van der Waals surface area contributed by atoms with Crippen LogP contribution in [-0.2, 0) is 0 Å². The molecule has 0 saturated carbocycles. The van der Waals surface area contributed by atoms with E-state index in [1.54, 1.807) is 6.07 Å². The van der Waals surface area contributed by atoms with Crippen molar-refractivity contribution in [1.29, 1.82) is 0 Å². The van der Waals surface area contributed by atoms with Gasteiger partial charge in [0.1, 0.15) is 5.82 Å². The van der Waals surface area contributed by atoms with Crippen LogP contribution in [0.2, 0.25) is 0 Å². The molecule has 0 aromatic heterocycles. The number of hydrogen-bond donors (Lipinski definition) is 1. The maximum absolute atomic E-state index is 13.2. The SMILES string of the molecule is CC1CCN(c2cc(Br)c(F)cc2N)C1. The molecule has 2 nitrogen and oxygen atoms in total. The van der Waals surface area contributed by atoms with E-state index in [9.17, 15) is 4.39 Å². The zero-order valence-electron chi connectivity index (χ0n) is 8.63. The quantitative estimate of drug-likeness (QED) is 0.797. The standard InChI is InChI=1S/C11H14BrFN2/c1-7-2-3-15(6-7)11-4-8(12)9(13)5-10(11)14/h4-5,7H,2-3,6,14H2,1H3. The second-order valence-corrected chi connectivity index (χ2v) is 5.02. The summed E-state index contributed by atoms with van der Waals surface area (Å²) in [5.74, 6) is 0.386. The summed E-state index contributed by atoms with van der Waals surface area (Å²) < 4.78 is 13.7. The zero-order chi connectivity index (χ0) is 11.0. The summed E-state index contributed by atoms with van der Waals surface area (Å²) in [5, 5.41) is 0. The fourth-order valence-corrected chi connectivity index (χ4v) is 2.31. The number of hydrogen-bond acceptors (Lipinski definition) is 2. The lowest BCUT2D eigenvalue weighted by molar-refractivity contribution is 0.621. The van der Waals surface area contributed by atoms with Crippen molar-refractivity contribution in [3.63, 3.8) is 0 Å². The van der Waals surface area contributed by atoms with Crippen LogP contribution in [0.15, 0.2) is 16.6 Å². The Morgan fingerprint density at radius 2 is 2.27 bits per heavy atom. The Hall–Kier alpha value is -0.770. The molecule has 2 N–H and O–H groups in total. The predicted octanol–water partition coefficient (Wildman–Crippen LogP) is 3.02. The number of nitrogens with two attached hydrogens (primary N) is 1. The molecule has 1 heterocycles. The minimum atomic E-state index is -0.302. The third kappa shape index (κ3) is 2.09. The van der Waals surface area contributed by atoms with Gasteiger partial charge in [-0.05, 0) is 34.3 Å². The van der Waals surface area contributed by atoms with Gasteiger partial charge in [-0.25, -0.2) is 4.39 Å². The van der Waals surface area contributed by atoms with E-state index in [1.807, 2.05) is 0 Å². The van der Waals surface area contributed by atoms with Gasteiger partial charge in [-0.2, -0.15) is 0 Å². The molecule has 1 atom stereocenters. The molecular formula is C11H14BrFN2. The highest BCUT2D eigenvalue weighted by Gasteiger charge is 2.21. The van der Waals surface area contributed by atoms with Crippen LogP contribution in [0.25, 0.3) is 0 Å². The number of benzene rings is 1. The van der Waals surface area contributed by atoms with Crippen LogP contribution in [0.1, 0.15) is 13.3 Å². The molecule has 82 valence electrons. The van der Waals surface area contributed by atoms with Gasteiger partial charge in [-0.3, -0.25) is 0 Å². The van der Waals surface area contributed by atoms with Crippen LogP contribution >= 0.6 is 15.9 Å². The van der Waals surface area contributed by atoms with Crippen molar-refractivity contribution in [2.24, 2.45) is 5.92 Å². The Kier molecular flexibility index (Phi) is 2.87. The molecule has 1 aromatic rings. The molecule has 0 radical (unpaired) electrons. The average Bonchev–Trinajstić information content (AvgIpc) is 2.58. The van der Waals surface area contributed by atoms with E-state index in [4.69, 9.17) is 5.73 Å². The number of halogens is 2. The molecule has 1 aliphatic heterocycles. The minimum Gasteiger partial charge on any atom is -0.397 e. The maximum Gasteiger partial charge on any atom is 0.139 e. The molecule has 4 heteroatoms. The molecule has 15 heavy (non-hydrogen) atoms. The second kappa shape index (κ2) is 4.00. The number of nitrogen functional groups attached to an aromatic ring is 1. The number of anilines is 2. The highest BCUT2D eigenvalue weighted by atomic mass is 79.9. The predicted molar refractivity (Wildman–Crippen MR) is 64.5 cm³/mol. The lowest BCUT2D eigenvalue weighted by atomic mass is 10.2. The molecular weight excluding hydrogens is 259 g/mol. The Balaban J connectivity index is 2.32. The summed E-state index contributed by atoms with van der Waals surface area (Å²) in [6.45, 7) is 4.22. The van der Waals surface area contributed by atoms with Crippen molar-refractivity contribution in [3.8, 4) is 0 Å². The van der Waals surface area contributed by atoms with E-state index in [0.717, 1.165) is 18.8 Å². The van der Waals surface area contributed by atoms with Crippen LogP contribution in [-0.4, -0.2) is 13.1 Å². The average molecular weight is 273 g/mol. The van der Waals surface area contributed by atoms with Gasteiger partial charge in [0.15, 0.2) is 0 Å². The highest BCUT2D eigenvalue weighted by Crippen LogP contribution is 2.32. The number of rotatable bonds is 1. The van der Waals surface area contributed by atoms with Crippen LogP contribution in [0.5, 0.6) is 0 Å². The molecule has 1 unspecified atom stereocenters. The molecule has 0 spiro atoms. The van der Waals surface area contributed by atoms with Gasteiger partial charge in [0.2, 0.25) is 0 Å². The normalized spacial score (nSPS) is 21.0. The van der Waals surface area contributed by atoms with E-state index in [2.05, 4.69) is 27.8 Å². The molecule has 0 aliphatic carbocycles. The van der Waals surface area contributed by atoms with Crippen molar-refractivity contribution >= 4 is 27.3 Å². The van der Waals surface area contributed by atoms with Gasteiger partial charge in [-0.15, -0.1) is 0 Å². The van der Waals surface area contributed by atoms with Gasteiger partial charge in [0, 0.05) is 19.2 Å². The first-order chi connectivity index (χ1) is 7.08. The largest absolute Gasteiger partial charge is 0.397 e. The Morgan fingerprint density at radius 1 is 1.53 bits per heavy atom. The molecule has 0 amide bonds. The van der Waals surface area contributed by atoms with E-state index in [0.29, 0.717) is 16.1 Å². The third-order valence-corrected chi connectivity index (χ3v) is 3.44. The fraction of sp³-hybridized carbons (Fsp3) is 0.455. The van der Waals surface area contributed by atoms with E-state index in [1.165, 1.54) is 12.5 Å². The highest BCUT2D eigenvalue weighted by molar-refractivity contribution is 9.10. The first-order valence-corrected chi connectivity index (χ1v) is 5.86. The van der Waals surface area contributed by atoms with Crippen molar-refractivity contribution < 1.29 is 4.39 Å². The summed E-state index contributed by atoms with van der Waals surface area (Å²) in [4.78, 5) is 2.21. The Bertz CT molecular complexity index is 381. The molecule has 1 fully saturated rings. The van der Waals surface area contributed by atoms with Crippen LogP contribution in [0.3, 0.4) is 0 Å². The molecule has 0 bridgehead atoms. The summed E-state index contributed by atoms with van der Waals surface area (Å²) in [6, 6.07) is 3.14. The van der Waals surface area contributed by atoms with Gasteiger partial charge in [0.25, 0.3) is 0 Å². The molecule has 1 saturated heterocycles. The second-order valence-electron chi connectivity index (χ2n) is 4.16. The van der Waals surface area contributed by atoms with Gasteiger partial charge < -0.3 is 10.6 Å². The lowest BCUT2D eigenvalue weighted by Gasteiger charge is -2.20. The van der Waals surface area contributed by atoms with Crippen molar-refractivity contribution in [2.45, 2.75) is 13.3 Å². The summed E-state index contributed by atoms with van der Waals surface area (Å²) in [6.07, 6.45) is 1.18. The van der Waals surface area contributed by atoms with E-state index in [-0.39, 0.29) is 5.82 Å². The Morgan fingerprint density at radius 3 is 2.87 bits per heavy atom. The van der Waals surface area contributed by atoms with Crippen LogP contribution in [0.4, 0.5) is 15.8 Å². The summed E-state index contributed by atoms with van der Waals surface area (Å²) >= 11 is 3.19. The Labute approximate surface area is 97.4 Å². The van der Waals surface area contributed by atoms with Gasteiger partial charge >= 0.3 is 0 Å². The van der Waals surface area contributed by atoms with Crippen molar-refractivity contribution in [2.75, 3.05) is 23.7 Å². The van der Waals surface area contributed by atoms with Crippen LogP contribution < -0.4 is 10.6 Å². The smallest absolute Gasteiger partial charge is 0.139 e. The van der Waals surface area contributed by atoms with Crippen LogP contribution in [0, 0.1) is 11.7 Å². The van der Waals surface area contributed by atoms with E-state index < -0.39 is 0 Å². The van der Waals surface area contributed by atoms with E-state index >= 15 is 0 Å². The fourth-order valence-electron chi connectivity index (χ4n) is 1.98. The molecule has 1 aromatic carbocycles. The van der Waals surface area contributed by atoms with Crippen molar-refractivity contribution in [3.05, 3.63) is 22.4 Å². The topological polar surface area (TPSA) is 29.3 Å². The third-order valence-electron chi connectivity index (χ3n) is 2.83. The number of nitrogens with zero attached hydrogens (tertiary/aromatic N) is 1. The summed E-state index contributed by atoms with van der Waals surface area (Å²) in [5.41, 5.74) is 7.27. The monoisotopic (exact) mass is 272 g/mol. The lowest BCUT2D eigenvalue weighted by Crippen LogP contribution is -2.20. The van der Waals surface area contributed by atoms with Gasteiger partial charge in [0.05, 0.1) is 15.8 Å². The summed E-state index contributed by atoms with van der Waals surface area (Å²) in [7, 11) is 0. The molecule has 2 rings (SSSR count). The van der Waals surface area contributed by atoms with Crippen molar-refractivity contribution in [1.82, 2.24) is 0 Å². The first-order valence-electron chi connectivity index (χ1n) is 5.07. The zero-order valence-corrected chi connectivity index (χ0v) is 10.2. The first kappa shape index (κ1) is 10.7. The minimum absolute atomic E-state index is 0.302. The maximum atomic E-state index is 13.2.